The van der Waals surface area contributed by atoms with Gasteiger partial charge in [0, 0.05) is 19.3 Å². The lowest BCUT2D eigenvalue weighted by molar-refractivity contribution is -0.114. The van der Waals surface area contributed by atoms with Crippen LogP contribution < -0.4 is 0 Å². The first-order chi connectivity index (χ1) is 15.4. The van der Waals surface area contributed by atoms with Crippen LogP contribution in [0.1, 0.15) is 87.6 Å². The third-order valence-electron chi connectivity index (χ3n) is 6.01. The predicted molar refractivity (Wildman–Crippen MR) is 127 cm³/mol. The van der Waals surface area contributed by atoms with E-state index in [1.807, 2.05) is 19.1 Å². The number of phenolic OH excluding ortho intramolecular Hbond substituents is 1. The molecule has 0 bridgehead atoms. The third-order valence-corrected chi connectivity index (χ3v) is 6.01. The van der Waals surface area contributed by atoms with Gasteiger partial charge in [0.05, 0.1) is 6.10 Å². The number of cyclic esters (lactones) is 1. The van der Waals surface area contributed by atoms with E-state index in [1.54, 1.807) is 24.3 Å². The van der Waals surface area contributed by atoms with E-state index in [4.69, 9.17) is 4.74 Å². The summed E-state index contributed by atoms with van der Waals surface area (Å²) in [5, 5.41) is 20.9. The molecule has 32 heavy (non-hydrogen) atoms. The molecule has 0 radical (unpaired) electrons. The van der Waals surface area contributed by atoms with Gasteiger partial charge in [-0.2, -0.15) is 0 Å². The van der Waals surface area contributed by atoms with Gasteiger partial charge in [0.1, 0.15) is 17.4 Å². The lowest BCUT2D eigenvalue weighted by Gasteiger charge is -2.24. The second-order valence-electron chi connectivity index (χ2n) is 8.80. The molecule has 3 atom stereocenters. The number of aliphatic hydroxyl groups excluding tert-OH is 1. The van der Waals surface area contributed by atoms with Crippen molar-refractivity contribution in [3.63, 3.8) is 0 Å². The predicted octanol–water partition coefficient (Wildman–Crippen LogP) is 5.68. The summed E-state index contributed by atoms with van der Waals surface area (Å²) < 4.78 is 5.71. The molecule has 1 heterocycles. The molecule has 5 heteroatoms. The Kier molecular flexibility index (Phi) is 11.2. The van der Waals surface area contributed by atoms with E-state index in [-0.39, 0.29) is 29.4 Å². The van der Waals surface area contributed by atoms with Crippen LogP contribution in [0.15, 0.2) is 42.5 Å². The Morgan fingerprint density at radius 2 is 1.97 bits per heavy atom. The maximum Gasteiger partial charge on any atom is 0.342 e. The Morgan fingerprint density at radius 3 is 2.75 bits per heavy atom. The van der Waals surface area contributed by atoms with Crippen LogP contribution in [0.3, 0.4) is 0 Å². The zero-order chi connectivity index (χ0) is 23.3. The molecule has 1 aliphatic heterocycles. The fourth-order valence-corrected chi connectivity index (χ4v) is 3.91. The van der Waals surface area contributed by atoms with Gasteiger partial charge in [-0.05, 0) is 42.9 Å². The first-order valence-electron chi connectivity index (χ1n) is 12.0. The van der Waals surface area contributed by atoms with E-state index in [0.29, 0.717) is 31.2 Å². The highest BCUT2D eigenvalue weighted by Gasteiger charge is 2.25. The van der Waals surface area contributed by atoms with Crippen LogP contribution in [0, 0.1) is 5.92 Å². The number of aromatic hydroxyl groups is 1. The molecule has 0 spiro atoms. The molecule has 2 unspecified atom stereocenters. The fraction of sp³-hybridized carbons (Fsp3) is 0.556. The van der Waals surface area contributed by atoms with Gasteiger partial charge in [0.15, 0.2) is 5.78 Å². The van der Waals surface area contributed by atoms with E-state index in [9.17, 15) is 19.8 Å². The van der Waals surface area contributed by atoms with Crippen LogP contribution in [0.4, 0.5) is 0 Å². The number of unbranched alkanes of at least 4 members (excludes halogenated alkanes) is 4. The molecule has 0 amide bonds. The van der Waals surface area contributed by atoms with Crippen molar-refractivity contribution in [1.82, 2.24) is 0 Å². The largest absolute Gasteiger partial charge is 0.507 e. The van der Waals surface area contributed by atoms with Crippen molar-refractivity contribution in [2.45, 2.75) is 90.3 Å². The van der Waals surface area contributed by atoms with E-state index in [0.717, 1.165) is 19.3 Å². The smallest absolute Gasteiger partial charge is 0.342 e. The van der Waals surface area contributed by atoms with Crippen molar-refractivity contribution in [2.75, 3.05) is 0 Å². The Morgan fingerprint density at radius 1 is 1.19 bits per heavy atom. The van der Waals surface area contributed by atoms with Gasteiger partial charge in [-0.25, -0.2) is 4.79 Å². The van der Waals surface area contributed by atoms with Crippen LogP contribution in [0.5, 0.6) is 5.75 Å². The van der Waals surface area contributed by atoms with Crippen molar-refractivity contribution in [3.8, 4) is 5.75 Å². The van der Waals surface area contributed by atoms with Crippen LogP contribution in [0.2, 0.25) is 0 Å². The first kappa shape index (κ1) is 25.9. The number of esters is 1. The van der Waals surface area contributed by atoms with Crippen molar-refractivity contribution in [2.24, 2.45) is 5.92 Å². The minimum atomic E-state index is -0.636. The number of allylic oxidation sites excluding steroid dienone is 3. The minimum absolute atomic E-state index is 0.0178. The number of rotatable bonds is 9. The van der Waals surface area contributed by atoms with Gasteiger partial charge in [0.2, 0.25) is 0 Å². The summed E-state index contributed by atoms with van der Waals surface area (Å²) in [6.07, 6.45) is 13.9. The van der Waals surface area contributed by atoms with Crippen molar-refractivity contribution in [3.05, 3.63) is 53.6 Å². The monoisotopic (exact) mass is 442 g/mol. The van der Waals surface area contributed by atoms with Gasteiger partial charge in [-0.15, -0.1) is 0 Å². The van der Waals surface area contributed by atoms with Crippen LogP contribution in [0.25, 0.3) is 0 Å². The molecule has 1 aliphatic rings. The average molecular weight is 443 g/mol. The molecule has 0 fully saturated rings. The molecule has 1 aromatic rings. The van der Waals surface area contributed by atoms with E-state index in [2.05, 4.69) is 6.92 Å². The number of carbonyl (C=O) groups excluding carboxylic acids is 2. The maximum absolute atomic E-state index is 12.9. The highest BCUT2D eigenvalue weighted by molar-refractivity contribution is 5.94. The molecule has 0 aromatic heterocycles. The van der Waals surface area contributed by atoms with Crippen LogP contribution in [-0.4, -0.2) is 34.2 Å². The highest BCUT2D eigenvalue weighted by Crippen LogP contribution is 2.26. The van der Waals surface area contributed by atoms with Crippen molar-refractivity contribution >= 4 is 11.8 Å². The maximum atomic E-state index is 12.9. The summed E-state index contributed by atoms with van der Waals surface area (Å²) in [5.74, 6) is -0.626. The number of benzene rings is 1. The summed E-state index contributed by atoms with van der Waals surface area (Å²) in [4.78, 5) is 25.0. The molecule has 2 N–H and O–H groups in total. The number of hydrogen-bond donors (Lipinski definition) is 2. The standard InChI is InChI=1S/C27H38O5/c1-3-4-5-6-7-15-22(28)16-11-17-23-19-25(30)20(2)12-8-9-13-21-14-10-18-24(29)26(21)27(31)32-23/h8-11,14,16,18,20,23,25,29-30H,3-7,12-13,15,17,19H2,1-2H3/b9-8+,16-11+/t20?,23-,25?/m0/s1. The number of hydrogen-bond acceptors (Lipinski definition) is 5. The Balaban J connectivity index is 2.06. The van der Waals surface area contributed by atoms with Gasteiger partial charge in [-0.3, -0.25) is 4.79 Å². The second-order valence-corrected chi connectivity index (χ2v) is 8.80. The molecule has 0 aliphatic carbocycles. The topological polar surface area (TPSA) is 83.8 Å². The summed E-state index contributed by atoms with van der Waals surface area (Å²) in [6.45, 7) is 4.13. The summed E-state index contributed by atoms with van der Waals surface area (Å²) in [6, 6.07) is 4.99. The second kappa shape index (κ2) is 13.9. The molecular formula is C27H38O5. The number of aliphatic hydroxyl groups is 1. The lowest BCUT2D eigenvalue weighted by atomic mass is 9.93. The fourth-order valence-electron chi connectivity index (χ4n) is 3.91. The molecule has 0 saturated heterocycles. The third kappa shape index (κ3) is 8.62. The molecule has 0 saturated carbocycles. The highest BCUT2D eigenvalue weighted by atomic mass is 16.5. The molecule has 176 valence electrons. The quantitative estimate of drug-likeness (QED) is 0.222. The average Bonchev–Trinajstić information content (AvgIpc) is 2.75. The molecule has 5 nitrogen and oxygen atoms in total. The minimum Gasteiger partial charge on any atom is -0.507 e. The van der Waals surface area contributed by atoms with Gasteiger partial charge >= 0.3 is 5.97 Å². The van der Waals surface area contributed by atoms with E-state index < -0.39 is 18.2 Å². The summed E-state index contributed by atoms with van der Waals surface area (Å²) >= 11 is 0. The Labute approximate surface area is 192 Å². The Bertz CT molecular complexity index is 795. The SMILES string of the molecule is CCCCCCCC(=O)/C=C/C[C@H]1CC(O)C(C)C/C=C/Cc2cccc(O)c2C(=O)O1. The van der Waals surface area contributed by atoms with Crippen molar-refractivity contribution < 1.29 is 24.5 Å². The molecular weight excluding hydrogens is 404 g/mol. The van der Waals surface area contributed by atoms with Gasteiger partial charge in [0.25, 0.3) is 0 Å². The Hall–Kier alpha value is -2.40. The zero-order valence-corrected chi connectivity index (χ0v) is 19.5. The zero-order valence-electron chi connectivity index (χ0n) is 19.5. The molecule has 2 rings (SSSR count). The van der Waals surface area contributed by atoms with Crippen molar-refractivity contribution in [1.29, 1.82) is 0 Å². The summed E-state index contributed by atoms with van der Waals surface area (Å²) in [5.41, 5.74) is 0.866. The van der Waals surface area contributed by atoms with Crippen LogP contribution >= 0.6 is 0 Å². The van der Waals surface area contributed by atoms with E-state index >= 15 is 0 Å². The summed E-state index contributed by atoms with van der Waals surface area (Å²) in [7, 11) is 0. The number of ketones is 1. The first-order valence-corrected chi connectivity index (χ1v) is 12.0. The molecule has 1 aromatic carbocycles. The normalized spacial score (nSPS) is 23.1. The van der Waals surface area contributed by atoms with Gasteiger partial charge in [-0.1, -0.05) is 69.9 Å². The van der Waals surface area contributed by atoms with Crippen LogP contribution in [-0.2, 0) is 16.0 Å². The van der Waals surface area contributed by atoms with Gasteiger partial charge < -0.3 is 14.9 Å². The number of ether oxygens (including phenoxy) is 1. The van der Waals surface area contributed by atoms with E-state index in [1.165, 1.54) is 18.9 Å². The number of fused-ring (bicyclic) bond motifs is 1. The number of phenols is 1. The number of carbonyl (C=O) groups is 2. The lowest BCUT2D eigenvalue weighted by Crippen LogP contribution is -2.28.